The molecule has 1 aliphatic heterocycles. The number of hydrogen-bond donors (Lipinski definition) is 1. The maximum atomic E-state index is 13.1. The SMILES string of the molecule is Cn1ccnc1[C@@H](NC(=O)c1cccc(S(=O)(=O)N2CCCC2)c1)c1ccccc1. The number of sulfonamides is 1. The molecule has 0 aliphatic carbocycles. The maximum Gasteiger partial charge on any atom is 0.252 e. The van der Waals surface area contributed by atoms with Crippen LogP contribution in [0.15, 0.2) is 71.9 Å². The van der Waals surface area contributed by atoms with Crippen LogP contribution in [0.1, 0.15) is 40.6 Å². The van der Waals surface area contributed by atoms with Crippen LogP contribution in [0.2, 0.25) is 0 Å². The highest BCUT2D eigenvalue weighted by Crippen LogP contribution is 2.23. The zero-order valence-corrected chi connectivity index (χ0v) is 17.5. The van der Waals surface area contributed by atoms with E-state index in [9.17, 15) is 13.2 Å². The Kier molecular flexibility index (Phi) is 5.69. The minimum atomic E-state index is -3.59. The zero-order chi connectivity index (χ0) is 21.1. The lowest BCUT2D eigenvalue weighted by atomic mass is 10.1. The summed E-state index contributed by atoms with van der Waals surface area (Å²) in [7, 11) is -1.72. The number of rotatable bonds is 6. The molecule has 1 N–H and O–H groups in total. The van der Waals surface area contributed by atoms with E-state index in [1.54, 1.807) is 18.3 Å². The Morgan fingerprint density at radius 3 is 2.47 bits per heavy atom. The first-order valence-electron chi connectivity index (χ1n) is 9.90. The van der Waals surface area contributed by atoms with Gasteiger partial charge in [-0.05, 0) is 36.6 Å². The van der Waals surface area contributed by atoms with E-state index in [2.05, 4.69) is 10.3 Å². The van der Waals surface area contributed by atoms with Gasteiger partial charge in [0.25, 0.3) is 5.91 Å². The second kappa shape index (κ2) is 8.41. The van der Waals surface area contributed by atoms with Crippen molar-refractivity contribution in [2.75, 3.05) is 13.1 Å². The number of carbonyl (C=O) groups is 1. The van der Waals surface area contributed by atoms with E-state index in [0.29, 0.717) is 24.5 Å². The third-order valence-electron chi connectivity index (χ3n) is 5.32. The van der Waals surface area contributed by atoms with Gasteiger partial charge in [0.1, 0.15) is 11.9 Å². The molecule has 1 amide bonds. The Hall–Kier alpha value is -2.97. The summed E-state index contributed by atoms with van der Waals surface area (Å²) in [6, 6.07) is 15.3. The molecule has 1 aromatic heterocycles. The van der Waals surface area contributed by atoms with Crippen molar-refractivity contribution in [3.8, 4) is 0 Å². The average Bonchev–Trinajstić information content (AvgIpc) is 3.45. The van der Waals surface area contributed by atoms with Crippen LogP contribution in [0.25, 0.3) is 0 Å². The molecule has 1 saturated heterocycles. The molecule has 1 atom stereocenters. The largest absolute Gasteiger partial charge is 0.338 e. The fourth-order valence-corrected chi connectivity index (χ4v) is 5.25. The van der Waals surface area contributed by atoms with Crippen LogP contribution in [0, 0.1) is 0 Å². The number of nitrogens with zero attached hydrogens (tertiary/aromatic N) is 3. The lowest BCUT2D eigenvalue weighted by Crippen LogP contribution is -2.31. The third kappa shape index (κ3) is 4.01. The molecule has 156 valence electrons. The first-order valence-corrected chi connectivity index (χ1v) is 11.3. The van der Waals surface area contributed by atoms with Gasteiger partial charge in [-0.15, -0.1) is 0 Å². The number of nitrogens with one attached hydrogen (secondary N) is 1. The van der Waals surface area contributed by atoms with Crippen LogP contribution in [0.5, 0.6) is 0 Å². The fraction of sp³-hybridized carbons (Fsp3) is 0.273. The van der Waals surface area contributed by atoms with Crippen LogP contribution < -0.4 is 5.32 Å². The van der Waals surface area contributed by atoms with Gasteiger partial charge in [-0.3, -0.25) is 4.79 Å². The monoisotopic (exact) mass is 424 g/mol. The van der Waals surface area contributed by atoms with Crippen molar-refractivity contribution in [2.24, 2.45) is 7.05 Å². The second-order valence-electron chi connectivity index (χ2n) is 7.35. The fourth-order valence-electron chi connectivity index (χ4n) is 3.69. The number of aryl methyl sites for hydroxylation is 1. The minimum absolute atomic E-state index is 0.144. The van der Waals surface area contributed by atoms with E-state index in [1.165, 1.54) is 16.4 Å². The van der Waals surface area contributed by atoms with Gasteiger partial charge >= 0.3 is 0 Å². The summed E-state index contributed by atoms with van der Waals surface area (Å²) in [5.41, 5.74) is 1.19. The lowest BCUT2D eigenvalue weighted by molar-refractivity contribution is 0.0941. The van der Waals surface area contributed by atoms with Crippen molar-refractivity contribution in [2.45, 2.75) is 23.8 Å². The summed E-state index contributed by atoms with van der Waals surface area (Å²) in [6.45, 7) is 1.04. The van der Waals surface area contributed by atoms with E-state index in [-0.39, 0.29) is 10.8 Å². The molecule has 1 fully saturated rings. The van der Waals surface area contributed by atoms with Gasteiger partial charge in [0.2, 0.25) is 10.0 Å². The Balaban J connectivity index is 1.63. The summed E-state index contributed by atoms with van der Waals surface area (Å²) >= 11 is 0. The number of imidazole rings is 1. The number of aromatic nitrogens is 2. The zero-order valence-electron chi connectivity index (χ0n) is 16.7. The molecule has 0 radical (unpaired) electrons. The average molecular weight is 425 g/mol. The summed E-state index contributed by atoms with van der Waals surface area (Å²) < 4.78 is 29.1. The van der Waals surface area contributed by atoms with Gasteiger partial charge in [0.15, 0.2) is 0 Å². The van der Waals surface area contributed by atoms with Gasteiger partial charge < -0.3 is 9.88 Å². The molecule has 7 nitrogen and oxygen atoms in total. The summed E-state index contributed by atoms with van der Waals surface area (Å²) in [6.07, 6.45) is 5.23. The van der Waals surface area contributed by atoms with Gasteiger partial charge in [-0.1, -0.05) is 36.4 Å². The van der Waals surface area contributed by atoms with Gasteiger partial charge in [-0.25, -0.2) is 13.4 Å². The molecule has 1 aliphatic rings. The van der Waals surface area contributed by atoms with Crippen molar-refractivity contribution in [3.05, 3.63) is 83.9 Å². The molecule has 4 rings (SSSR count). The van der Waals surface area contributed by atoms with Crippen LogP contribution >= 0.6 is 0 Å². The molecule has 8 heteroatoms. The molecule has 30 heavy (non-hydrogen) atoms. The molecule has 2 heterocycles. The highest BCUT2D eigenvalue weighted by atomic mass is 32.2. The normalized spacial score (nSPS) is 15.8. The Bertz CT molecular complexity index is 1140. The maximum absolute atomic E-state index is 13.1. The van der Waals surface area contributed by atoms with E-state index in [4.69, 9.17) is 0 Å². The Labute approximate surface area is 176 Å². The van der Waals surface area contributed by atoms with Crippen LogP contribution in [-0.4, -0.2) is 41.3 Å². The van der Waals surface area contributed by atoms with E-state index in [1.807, 2.05) is 48.1 Å². The standard InChI is InChI=1S/C22H24N4O3S/c1-25-15-12-23-21(25)20(17-8-3-2-4-9-17)24-22(27)18-10-7-11-19(16-18)30(28,29)26-13-5-6-14-26/h2-4,7-12,15-16,20H,5-6,13-14H2,1H3,(H,24,27)/t20-/m0/s1. The molecule has 2 aromatic carbocycles. The van der Waals surface area contributed by atoms with E-state index in [0.717, 1.165) is 18.4 Å². The Morgan fingerprint density at radius 2 is 1.80 bits per heavy atom. The summed E-state index contributed by atoms with van der Waals surface area (Å²) in [5, 5.41) is 3.01. The highest BCUT2D eigenvalue weighted by Gasteiger charge is 2.28. The molecule has 0 saturated carbocycles. The van der Waals surface area contributed by atoms with E-state index < -0.39 is 16.1 Å². The summed E-state index contributed by atoms with van der Waals surface area (Å²) in [4.78, 5) is 17.6. The first-order chi connectivity index (χ1) is 14.5. The van der Waals surface area contributed by atoms with Crippen molar-refractivity contribution >= 4 is 15.9 Å². The molecule has 0 bridgehead atoms. The van der Waals surface area contributed by atoms with E-state index >= 15 is 0 Å². The quantitative estimate of drug-likeness (QED) is 0.659. The van der Waals surface area contributed by atoms with Crippen LogP contribution in [0.4, 0.5) is 0 Å². The smallest absolute Gasteiger partial charge is 0.252 e. The molecule has 0 unspecified atom stereocenters. The van der Waals surface area contributed by atoms with Crippen molar-refractivity contribution < 1.29 is 13.2 Å². The highest BCUT2D eigenvalue weighted by molar-refractivity contribution is 7.89. The minimum Gasteiger partial charge on any atom is -0.338 e. The third-order valence-corrected chi connectivity index (χ3v) is 7.22. The van der Waals surface area contributed by atoms with Crippen LogP contribution in [-0.2, 0) is 17.1 Å². The molecule has 3 aromatic rings. The van der Waals surface area contributed by atoms with Gasteiger partial charge in [-0.2, -0.15) is 4.31 Å². The summed E-state index contributed by atoms with van der Waals surface area (Å²) in [5.74, 6) is 0.334. The van der Waals surface area contributed by atoms with Gasteiger partial charge in [0, 0.05) is 38.1 Å². The molecule has 0 spiro atoms. The van der Waals surface area contributed by atoms with Crippen molar-refractivity contribution in [1.82, 2.24) is 19.2 Å². The number of hydrogen-bond acceptors (Lipinski definition) is 4. The predicted molar refractivity (Wildman–Crippen MR) is 113 cm³/mol. The predicted octanol–water partition coefficient (Wildman–Crippen LogP) is 2.72. The molecular formula is C22H24N4O3S. The number of amides is 1. The number of benzene rings is 2. The van der Waals surface area contributed by atoms with Crippen LogP contribution in [0.3, 0.4) is 0 Å². The van der Waals surface area contributed by atoms with Gasteiger partial charge in [0.05, 0.1) is 4.90 Å². The number of carbonyl (C=O) groups excluding carboxylic acids is 1. The Morgan fingerprint density at radius 1 is 1.07 bits per heavy atom. The topological polar surface area (TPSA) is 84.3 Å². The van der Waals surface area contributed by atoms with Crippen molar-refractivity contribution in [1.29, 1.82) is 0 Å². The second-order valence-corrected chi connectivity index (χ2v) is 9.29. The lowest BCUT2D eigenvalue weighted by Gasteiger charge is -2.20. The van der Waals surface area contributed by atoms with Crippen molar-refractivity contribution in [3.63, 3.8) is 0 Å². The molecular weight excluding hydrogens is 400 g/mol. The first kappa shape index (κ1) is 20.3.